The van der Waals surface area contributed by atoms with Gasteiger partial charge in [0.05, 0.1) is 18.9 Å². The highest BCUT2D eigenvalue weighted by Crippen LogP contribution is 2.65. The molecule has 45 heavy (non-hydrogen) atoms. The number of imide groups is 2. The van der Waals surface area contributed by atoms with E-state index in [0.29, 0.717) is 30.4 Å². The number of alkyl halides is 2. The predicted molar refractivity (Wildman–Crippen MR) is 167 cm³/mol. The molecular formula is C34H35Cl2N3O6. The molecule has 4 amide bonds. The molecule has 7 rings (SSSR count). The van der Waals surface area contributed by atoms with E-state index in [1.165, 1.54) is 30.7 Å². The maximum Gasteiger partial charge on any atom is 0.253 e. The fraction of sp³-hybridized carbons (Fsp3) is 0.471. The van der Waals surface area contributed by atoms with E-state index in [0.717, 1.165) is 24.5 Å². The normalized spacial score (nSPS) is 33.6. The van der Waals surface area contributed by atoms with Crippen LogP contribution in [0.3, 0.4) is 0 Å². The van der Waals surface area contributed by atoms with E-state index in [9.17, 15) is 24.3 Å². The Morgan fingerprint density at radius 1 is 0.956 bits per heavy atom. The molecule has 9 nitrogen and oxygen atoms in total. The summed E-state index contributed by atoms with van der Waals surface area (Å²) in [7, 11) is 2.78. The molecule has 2 aromatic rings. The average Bonchev–Trinajstić information content (AvgIpc) is 3.37. The lowest BCUT2D eigenvalue weighted by Crippen LogP contribution is -2.60. The number of aromatic hydroxyl groups is 1. The number of rotatable bonds is 5. The Morgan fingerprint density at radius 2 is 1.67 bits per heavy atom. The van der Waals surface area contributed by atoms with Gasteiger partial charge in [0, 0.05) is 38.6 Å². The molecule has 6 atom stereocenters. The highest BCUT2D eigenvalue weighted by Gasteiger charge is 2.76. The van der Waals surface area contributed by atoms with E-state index < -0.39 is 45.2 Å². The summed E-state index contributed by atoms with van der Waals surface area (Å²) in [6.07, 6.45) is 3.56. The van der Waals surface area contributed by atoms with Crippen LogP contribution in [0.25, 0.3) is 0 Å². The number of carbonyl (C=O) groups is 4. The standard InChI is InChI=1S/C34H35Cl2N3O6/c1-37-31(43)33(35)17-24-22(28(34(33,36)32(37)44)20-8-11-25(40)26(16-20)45-2)9-10-23-27(24)30(42)39(29(23)41)21-12-14-38(15-13-21)18-19-6-4-3-5-7-19/h3-9,11,16,21,23-24,27-28,40H,10,12-15,17-18H2,1-2H3. The molecule has 2 aliphatic carbocycles. The fourth-order valence-electron chi connectivity index (χ4n) is 8.55. The Bertz CT molecular complexity index is 1620. The molecule has 1 saturated carbocycles. The third kappa shape index (κ3) is 4.30. The monoisotopic (exact) mass is 651 g/mol. The van der Waals surface area contributed by atoms with E-state index in [4.69, 9.17) is 27.9 Å². The van der Waals surface area contributed by atoms with Gasteiger partial charge in [0.15, 0.2) is 21.2 Å². The van der Waals surface area contributed by atoms with Crippen molar-refractivity contribution in [2.24, 2.45) is 17.8 Å². The van der Waals surface area contributed by atoms with Crippen LogP contribution in [0, 0.1) is 17.8 Å². The quantitative estimate of drug-likeness (QED) is 0.295. The molecule has 0 aromatic heterocycles. The number of ether oxygens (including phenoxy) is 1. The number of amides is 4. The molecule has 0 radical (unpaired) electrons. The van der Waals surface area contributed by atoms with Gasteiger partial charge in [-0.3, -0.25) is 33.9 Å². The number of allylic oxidation sites excluding steroid dienone is 2. The van der Waals surface area contributed by atoms with Gasteiger partial charge in [-0.05, 0) is 54.9 Å². The maximum atomic E-state index is 14.3. The number of hydrogen-bond donors (Lipinski definition) is 1. The Hall–Kier alpha value is -3.40. The largest absolute Gasteiger partial charge is 0.504 e. The molecule has 3 heterocycles. The second kappa shape index (κ2) is 10.9. The van der Waals surface area contributed by atoms with Gasteiger partial charge in [-0.1, -0.05) is 48.0 Å². The third-order valence-electron chi connectivity index (χ3n) is 10.8. The lowest BCUT2D eigenvalue weighted by molar-refractivity contribution is -0.144. The number of hydrogen-bond acceptors (Lipinski definition) is 7. The molecule has 236 valence electrons. The number of carbonyl (C=O) groups excluding carboxylic acids is 4. The van der Waals surface area contributed by atoms with Gasteiger partial charge in [-0.2, -0.15) is 0 Å². The molecule has 6 unspecified atom stereocenters. The molecule has 5 aliphatic rings. The zero-order chi connectivity index (χ0) is 31.8. The highest BCUT2D eigenvalue weighted by molar-refractivity contribution is 6.53. The number of benzene rings is 2. The lowest BCUT2D eigenvalue weighted by atomic mass is 9.56. The minimum atomic E-state index is -1.88. The summed E-state index contributed by atoms with van der Waals surface area (Å²) < 4.78 is 5.36. The third-order valence-corrected chi connectivity index (χ3v) is 12.2. The highest BCUT2D eigenvalue weighted by atomic mass is 35.5. The summed E-state index contributed by atoms with van der Waals surface area (Å²) in [6.45, 7) is 2.36. The van der Waals surface area contributed by atoms with Crippen LogP contribution >= 0.6 is 23.2 Å². The summed E-state index contributed by atoms with van der Waals surface area (Å²) in [5.74, 6) is -4.36. The van der Waals surface area contributed by atoms with Gasteiger partial charge in [0.25, 0.3) is 11.8 Å². The van der Waals surface area contributed by atoms with Crippen molar-refractivity contribution in [3.63, 3.8) is 0 Å². The predicted octanol–water partition coefficient (Wildman–Crippen LogP) is 4.05. The number of piperidine rings is 1. The van der Waals surface area contributed by atoms with Crippen LogP contribution < -0.4 is 4.74 Å². The zero-order valence-corrected chi connectivity index (χ0v) is 26.6. The van der Waals surface area contributed by atoms with Gasteiger partial charge < -0.3 is 9.84 Å². The second-order valence-electron chi connectivity index (χ2n) is 13.0. The summed E-state index contributed by atoms with van der Waals surface area (Å²) in [4.78, 5) is 56.7. The molecule has 2 aromatic carbocycles. The van der Waals surface area contributed by atoms with Crippen molar-refractivity contribution in [2.45, 2.75) is 53.9 Å². The van der Waals surface area contributed by atoms with Gasteiger partial charge in [-0.15, -0.1) is 23.2 Å². The number of phenols is 1. The van der Waals surface area contributed by atoms with Crippen molar-refractivity contribution in [3.8, 4) is 11.5 Å². The smallest absolute Gasteiger partial charge is 0.253 e. The first kappa shape index (κ1) is 30.3. The molecule has 3 saturated heterocycles. The number of methoxy groups -OCH3 is 1. The van der Waals surface area contributed by atoms with Crippen LogP contribution in [0.2, 0.25) is 0 Å². The van der Waals surface area contributed by atoms with E-state index in [1.54, 1.807) is 12.1 Å². The minimum absolute atomic E-state index is 0.0476. The van der Waals surface area contributed by atoms with Crippen molar-refractivity contribution >= 4 is 46.8 Å². The van der Waals surface area contributed by atoms with Crippen LogP contribution in [-0.4, -0.2) is 86.5 Å². The Morgan fingerprint density at radius 3 is 2.36 bits per heavy atom. The Balaban J connectivity index is 1.21. The van der Waals surface area contributed by atoms with E-state index in [-0.39, 0.29) is 35.8 Å². The van der Waals surface area contributed by atoms with Crippen LogP contribution in [0.1, 0.15) is 42.7 Å². The molecule has 1 N–H and O–H groups in total. The summed E-state index contributed by atoms with van der Waals surface area (Å²) in [5.41, 5.74) is 2.46. The summed E-state index contributed by atoms with van der Waals surface area (Å²) >= 11 is 14.5. The van der Waals surface area contributed by atoms with Crippen LogP contribution in [0.4, 0.5) is 0 Å². The van der Waals surface area contributed by atoms with E-state index >= 15 is 0 Å². The van der Waals surface area contributed by atoms with Crippen LogP contribution in [0.5, 0.6) is 11.5 Å². The number of nitrogens with zero attached hydrogens (tertiary/aromatic N) is 3. The first-order valence-electron chi connectivity index (χ1n) is 15.4. The summed E-state index contributed by atoms with van der Waals surface area (Å²) in [5, 5.41) is 10.3. The first-order chi connectivity index (χ1) is 21.5. The number of phenolic OH excluding ortho intramolecular Hbond substituents is 1. The SMILES string of the molecule is COc1cc(C2C3=CCC4C(=O)N(C5CCN(Cc6ccccc6)CC5)C(=O)C4C3CC3(Cl)C(=O)N(C)C(=O)C23Cl)ccc1O. The van der Waals surface area contributed by atoms with Crippen molar-refractivity contribution in [1.29, 1.82) is 0 Å². The van der Waals surface area contributed by atoms with Gasteiger partial charge in [0.1, 0.15) is 0 Å². The van der Waals surface area contributed by atoms with E-state index in [2.05, 4.69) is 17.0 Å². The maximum absolute atomic E-state index is 14.3. The second-order valence-corrected chi connectivity index (χ2v) is 14.2. The lowest BCUT2D eigenvalue weighted by Gasteiger charge is -2.50. The number of likely N-dealkylation sites (tertiary alicyclic amines) is 3. The molecule has 11 heteroatoms. The number of halogens is 2. The van der Waals surface area contributed by atoms with Crippen LogP contribution in [0.15, 0.2) is 60.2 Å². The van der Waals surface area contributed by atoms with E-state index in [1.807, 2.05) is 24.3 Å². The topological polar surface area (TPSA) is 107 Å². The molecule has 4 fully saturated rings. The molecule has 0 bridgehead atoms. The van der Waals surface area contributed by atoms with Crippen molar-refractivity contribution in [2.75, 3.05) is 27.2 Å². The fourth-order valence-corrected chi connectivity index (χ4v) is 9.57. The molecule has 3 aliphatic heterocycles. The molecular weight excluding hydrogens is 617 g/mol. The Labute approximate surface area is 271 Å². The van der Waals surface area contributed by atoms with Crippen molar-refractivity contribution in [1.82, 2.24) is 14.7 Å². The average molecular weight is 653 g/mol. The van der Waals surface area contributed by atoms with Crippen LogP contribution in [-0.2, 0) is 25.7 Å². The van der Waals surface area contributed by atoms with Gasteiger partial charge in [0.2, 0.25) is 11.8 Å². The van der Waals surface area contributed by atoms with Gasteiger partial charge >= 0.3 is 0 Å². The van der Waals surface area contributed by atoms with Crippen molar-refractivity contribution < 1.29 is 29.0 Å². The summed E-state index contributed by atoms with van der Waals surface area (Å²) in [6, 6.07) is 14.7. The Kier molecular flexibility index (Phi) is 7.30. The van der Waals surface area contributed by atoms with Gasteiger partial charge in [-0.25, -0.2) is 0 Å². The number of fused-ring (bicyclic) bond motifs is 4. The minimum Gasteiger partial charge on any atom is -0.504 e. The zero-order valence-electron chi connectivity index (χ0n) is 25.1. The molecule has 0 spiro atoms. The first-order valence-corrected chi connectivity index (χ1v) is 16.2. The van der Waals surface area contributed by atoms with Crippen molar-refractivity contribution in [3.05, 3.63) is 71.3 Å².